The molecule has 48 heteroatoms. The van der Waals surface area contributed by atoms with Crippen LogP contribution in [0.3, 0.4) is 0 Å². The van der Waals surface area contributed by atoms with E-state index in [4.69, 9.17) is 66.4 Å². The number of imidazole rings is 2. The summed E-state index contributed by atoms with van der Waals surface area (Å²) in [4.78, 5) is 196. The summed E-state index contributed by atoms with van der Waals surface area (Å²) in [7, 11) is 0. The first-order valence-corrected chi connectivity index (χ1v) is 36.0. The molecular weight excluding hydrogens is 1600 g/mol. The molecule has 2 aliphatic rings. The van der Waals surface area contributed by atoms with Crippen molar-refractivity contribution in [3.05, 3.63) is 92.5 Å². The monoisotopic (exact) mass is 1700 g/mol. The standard InChI is InChI=1S/C21H25N3O7.C13H17ClN6O4.C13H18N6O5.C8H15NO5.2C8H13NO4/c1-21(2,3)31-20(29)23-16(18(26)27)12-24-10-9-15(22-19(24)28)11-17(25)30-13-14-7-5-4-6-8-14;1-13(2,3)24-12(23)17-6(10(21)22)4-20-5-16-7-8(14)18-11(15)19-9(7)20;1-13(2,3)24-12(23)16-6(10(21)22)4-19-5-15-7-8(19)17-11(14)18-9(7)20;1-8(2,3)14-7(13)9-5(4-10)6(11)12;2*1-8(2,3)13-7(11)9-5-4-12-6(5)10/h4-10,16H,11-13H2,1-3H3,(H,23,29)(H,26,27);5-6H,4H2,1-3H3,(H,17,23)(H,21,22)(H2,15,18,19);5-6H,4H2,1-3H3,(H,16,23)(H,21,22)(H3,14,17,18,20);5,10H,4H2,1-3H3,(H,9,13)(H,11,12);2*5H,4H2,1-3H3,(H,9,11)/t16-;2*6-;3*5-/m000000/s1. The number of carbonyl (C=O) groups excluding carboxylic acids is 9. The number of nitrogens with two attached hydrogens (primary N) is 2. The number of aliphatic carboxylic acids is 4. The maximum atomic E-state index is 12.2. The molecule has 0 unspecified atom stereocenters. The Morgan fingerprint density at radius 1 is 0.504 bits per heavy atom. The van der Waals surface area contributed by atoms with E-state index in [1.807, 2.05) is 35.6 Å². The van der Waals surface area contributed by atoms with Gasteiger partial charge in [-0.1, -0.05) is 41.9 Å². The predicted molar refractivity (Wildman–Crippen MR) is 414 cm³/mol. The molecule has 6 atom stereocenters. The van der Waals surface area contributed by atoms with Crippen molar-refractivity contribution in [3.63, 3.8) is 0 Å². The van der Waals surface area contributed by atoms with E-state index in [1.165, 1.54) is 34.1 Å². The number of nitrogens with one attached hydrogen (secondary N) is 7. The molecule has 6 amide bonds. The summed E-state index contributed by atoms with van der Waals surface area (Å²) in [5.41, 5.74) is 7.33. The molecule has 6 aromatic rings. The number of carbonyl (C=O) groups is 13. The van der Waals surface area contributed by atoms with Crippen molar-refractivity contribution in [1.29, 1.82) is 0 Å². The lowest BCUT2D eigenvalue weighted by molar-refractivity contribution is -0.163. The Morgan fingerprint density at radius 2 is 0.866 bits per heavy atom. The SMILES string of the molecule is CC(C)(C)OC(=O)N[C@@H](CO)C(=O)O.CC(C)(C)OC(=O)N[C@@H](Cn1ccc(CC(=O)OCc2ccccc2)nc1=O)C(=O)O.CC(C)(C)OC(=O)N[C@@H](Cn1cnc2c(=O)[nH]c(N)nc21)C(=O)O.CC(C)(C)OC(=O)N[C@@H](Cn1cnc2c(Cl)nc(N)nc21)C(=O)O.CC(C)(C)OC(=O)N[C@H]1COC1=O.CC(C)(C)OC(=O)N[C@H]1COC1=O. The number of nitrogen functional groups attached to an aromatic ring is 2. The quantitative estimate of drug-likeness (QED) is 0.0280. The van der Waals surface area contributed by atoms with E-state index < -0.39 is 166 Å². The average Bonchev–Trinajstić information content (AvgIpc) is 1.65. The number of hydrogen-bond donors (Lipinski definition) is 14. The molecule has 0 aliphatic carbocycles. The molecule has 7 heterocycles. The van der Waals surface area contributed by atoms with E-state index in [1.54, 1.807) is 125 Å². The van der Waals surface area contributed by atoms with Crippen LogP contribution >= 0.6 is 11.6 Å². The van der Waals surface area contributed by atoms with Crippen LogP contribution in [0.1, 0.15) is 136 Å². The van der Waals surface area contributed by atoms with Gasteiger partial charge < -0.3 is 121 Å². The van der Waals surface area contributed by atoms with E-state index in [-0.39, 0.29) is 90.9 Å². The van der Waals surface area contributed by atoms with Crippen LogP contribution in [0.5, 0.6) is 0 Å². The number of esters is 3. The minimum atomic E-state index is -1.41. The molecule has 119 heavy (non-hydrogen) atoms. The molecule has 16 N–H and O–H groups in total. The molecular formula is C71H101ClN18O29. The summed E-state index contributed by atoms with van der Waals surface area (Å²) < 4.78 is 47.6. The van der Waals surface area contributed by atoms with Gasteiger partial charge in [0.05, 0.1) is 51.0 Å². The number of benzene rings is 1. The van der Waals surface area contributed by atoms with E-state index in [2.05, 4.69) is 70.9 Å². The van der Waals surface area contributed by atoms with Crippen molar-refractivity contribution in [2.75, 3.05) is 31.3 Å². The second-order valence-electron chi connectivity index (χ2n) is 31.1. The zero-order valence-electron chi connectivity index (χ0n) is 68.4. The van der Waals surface area contributed by atoms with Gasteiger partial charge in [0.25, 0.3) is 5.56 Å². The third kappa shape index (κ3) is 38.8. The highest BCUT2D eigenvalue weighted by atomic mass is 35.5. The van der Waals surface area contributed by atoms with E-state index in [9.17, 15) is 87.2 Å². The lowest BCUT2D eigenvalue weighted by Gasteiger charge is -2.27. The fourth-order valence-electron chi connectivity index (χ4n) is 8.50. The highest BCUT2D eigenvalue weighted by molar-refractivity contribution is 6.33. The number of carboxylic acid groups (broad SMARTS) is 4. The lowest BCUT2D eigenvalue weighted by Crippen LogP contribution is -2.53. The van der Waals surface area contributed by atoms with Gasteiger partial charge in [-0.2, -0.15) is 19.9 Å². The summed E-state index contributed by atoms with van der Waals surface area (Å²) in [6, 6.07) is 4.18. The number of nitrogens with zero attached hydrogens (tertiary/aromatic N) is 9. The number of aliphatic hydroxyl groups excluding tert-OH is 1. The van der Waals surface area contributed by atoms with Gasteiger partial charge in [-0.3, -0.25) is 19.1 Å². The number of fused-ring (bicyclic) bond motifs is 2. The van der Waals surface area contributed by atoms with Crippen LogP contribution < -0.4 is 54.6 Å². The number of aromatic amines is 1. The number of halogens is 1. The van der Waals surface area contributed by atoms with Gasteiger partial charge in [0.2, 0.25) is 11.9 Å². The molecule has 2 aliphatic heterocycles. The molecule has 2 saturated heterocycles. The maximum Gasteiger partial charge on any atom is 0.408 e. The van der Waals surface area contributed by atoms with Crippen LogP contribution in [0.2, 0.25) is 5.15 Å². The molecule has 0 spiro atoms. The molecule has 0 bridgehead atoms. The smallest absolute Gasteiger partial charge is 0.408 e. The third-order valence-corrected chi connectivity index (χ3v) is 13.7. The number of alkyl carbamates (subject to hydrolysis) is 6. The number of carboxylic acids is 4. The van der Waals surface area contributed by atoms with Crippen LogP contribution in [0, 0.1) is 0 Å². The first-order valence-electron chi connectivity index (χ1n) is 35.6. The highest BCUT2D eigenvalue weighted by Gasteiger charge is 2.36. The number of H-pyrrole nitrogens is 1. The number of cyclic esters (lactones) is 2. The van der Waals surface area contributed by atoms with Crippen molar-refractivity contribution in [1.82, 2.24) is 80.5 Å². The second kappa shape index (κ2) is 43.6. The van der Waals surface area contributed by atoms with Crippen LogP contribution in [0.4, 0.5) is 40.7 Å². The minimum Gasteiger partial charge on any atom is -0.480 e. The Labute approximate surface area is 683 Å². The van der Waals surface area contributed by atoms with E-state index in [0.717, 1.165) is 10.1 Å². The normalized spacial score (nSPS) is 14.5. The molecule has 47 nitrogen and oxygen atoms in total. The number of rotatable bonds is 21. The summed E-state index contributed by atoms with van der Waals surface area (Å²) in [5.74, 6) is -6.73. The van der Waals surface area contributed by atoms with Gasteiger partial charge in [0.1, 0.15) is 77.1 Å². The lowest BCUT2D eigenvalue weighted by atomic mass is 10.2. The van der Waals surface area contributed by atoms with Gasteiger partial charge in [-0.05, 0) is 136 Å². The first-order chi connectivity index (χ1) is 54.7. The number of anilines is 2. The predicted octanol–water partition coefficient (Wildman–Crippen LogP) is 3.06. The van der Waals surface area contributed by atoms with E-state index >= 15 is 0 Å². The fraction of sp³-hybridized carbons (Fsp3) is 0.535. The Balaban J connectivity index is 0.000000381. The Bertz CT molecular complexity index is 4630. The van der Waals surface area contributed by atoms with Crippen molar-refractivity contribution in [2.24, 2.45) is 0 Å². The van der Waals surface area contributed by atoms with Gasteiger partial charge in [-0.25, -0.2) is 72.3 Å². The molecule has 0 saturated carbocycles. The van der Waals surface area contributed by atoms with Gasteiger partial charge in [-0.15, -0.1) is 0 Å². The minimum absolute atomic E-state index is 0.0191. The third-order valence-electron chi connectivity index (χ3n) is 13.4. The number of aliphatic hydroxyl groups is 1. The number of aromatic nitrogens is 10. The van der Waals surface area contributed by atoms with Crippen molar-refractivity contribution in [3.8, 4) is 0 Å². The maximum absolute atomic E-state index is 12.2. The fourth-order valence-corrected chi connectivity index (χ4v) is 8.72. The van der Waals surface area contributed by atoms with Gasteiger partial charge >= 0.3 is 84.0 Å². The van der Waals surface area contributed by atoms with Gasteiger partial charge in [0.15, 0.2) is 40.1 Å². The second-order valence-corrected chi connectivity index (χ2v) is 31.5. The summed E-state index contributed by atoms with van der Waals surface area (Å²) in [6.45, 7) is 29.6. The van der Waals surface area contributed by atoms with Crippen LogP contribution in [0.15, 0.2) is 64.8 Å². The number of amides is 6. The van der Waals surface area contributed by atoms with E-state index in [0.29, 0.717) is 0 Å². The summed E-state index contributed by atoms with van der Waals surface area (Å²) in [6.07, 6.45) is -0.975. The summed E-state index contributed by atoms with van der Waals surface area (Å²) in [5, 5.41) is 58.6. The van der Waals surface area contributed by atoms with Crippen molar-refractivity contribution < 1.29 is 130 Å². The molecule has 656 valence electrons. The first kappa shape index (κ1) is 100.0. The molecule has 2 fully saturated rings. The molecule has 5 aromatic heterocycles. The summed E-state index contributed by atoms with van der Waals surface area (Å²) >= 11 is 5.92. The molecule has 8 rings (SSSR count). The number of ether oxygens (including phenoxy) is 9. The van der Waals surface area contributed by atoms with Gasteiger partial charge in [0, 0.05) is 6.20 Å². The Hall–Kier alpha value is -13.2. The van der Waals surface area contributed by atoms with Crippen LogP contribution in [-0.4, -0.2) is 242 Å². The Morgan fingerprint density at radius 3 is 1.21 bits per heavy atom. The zero-order chi connectivity index (χ0) is 90.6. The largest absolute Gasteiger partial charge is 0.480 e. The van der Waals surface area contributed by atoms with Crippen LogP contribution in [-0.2, 0) is 109 Å². The number of hydrogen-bond acceptors (Lipinski definition) is 33. The van der Waals surface area contributed by atoms with Crippen molar-refractivity contribution in [2.45, 2.75) is 227 Å². The molecule has 0 radical (unpaired) electrons. The van der Waals surface area contributed by atoms with Crippen LogP contribution in [0.25, 0.3) is 22.3 Å². The molecule has 1 aromatic carbocycles. The average molecular weight is 1710 g/mol. The Kier molecular flexibility index (Phi) is 36.7. The topological polar surface area (TPSA) is 672 Å². The zero-order valence-corrected chi connectivity index (χ0v) is 69.2. The van der Waals surface area contributed by atoms with Crippen molar-refractivity contribution >= 4 is 124 Å². The highest BCUT2D eigenvalue weighted by Crippen LogP contribution is 2.21.